The van der Waals surface area contributed by atoms with Crippen molar-refractivity contribution >= 4 is 0 Å². The summed E-state index contributed by atoms with van der Waals surface area (Å²) in [6.45, 7) is 1.78. The molecular weight excluding hydrogens is 228 g/mol. The first-order valence-corrected chi connectivity index (χ1v) is 5.18. The minimum Gasteiger partial charge on any atom is -0.387 e. The summed E-state index contributed by atoms with van der Waals surface area (Å²) in [7, 11) is 0. The molecule has 2 aromatic rings. The lowest BCUT2D eigenvalue weighted by molar-refractivity contribution is 0.169. The summed E-state index contributed by atoms with van der Waals surface area (Å²) in [5, 5.41) is 16.9. The second-order valence-electron chi connectivity index (χ2n) is 3.58. The summed E-state index contributed by atoms with van der Waals surface area (Å²) in [6, 6.07) is 3.79. The minimum atomic E-state index is -0.991. The average Bonchev–Trinajstić information content (AvgIpc) is 2.81. The normalized spacial score (nSPS) is 12.7. The van der Waals surface area contributed by atoms with E-state index in [0.29, 0.717) is 12.1 Å². The van der Waals surface area contributed by atoms with Crippen LogP contribution in [-0.4, -0.2) is 20.1 Å². The molecule has 1 aromatic heterocycles. The van der Waals surface area contributed by atoms with Gasteiger partial charge >= 0.3 is 0 Å². The summed E-state index contributed by atoms with van der Waals surface area (Å²) < 4.78 is 27.6. The van der Waals surface area contributed by atoms with Crippen molar-refractivity contribution in [3.05, 3.63) is 41.7 Å². The standard InChI is InChI=1S/C11H11F2N3O/c1-2-10(17)8-6-16(15-14-8)9-5-3-4-7(12)11(9)13/h3-6,10,17H,2H2,1H3. The van der Waals surface area contributed by atoms with Gasteiger partial charge in [0.15, 0.2) is 11.6 Å². The van der Waals surface area contributed by atoms with Crippen molar-refractivity contribution in [3.63, 3.8) is 0 Å². The van der Waals surface area contributed by atoms with Crippen molar-refractivity contribution in [1.82, 2.24) is 15.0 Å². The number of hydrogen-bond donors (Lipinski definition) is 1. The maximum absolute atomic E-state index is 13.5. The van der Waals surface area contributed by atoms with E-state index in [4.69, 9.17) is 0 Å². The topological polar surface area (TPSA) is 50.9 Å². The number of nitrogens with zero attached hydrogens (tertiary/aromatic N) is 3. The molecule has 4 nitrogen and oxygen atoms in total. The molecule has 0 aliphatic rings. The van der Waals surface area contributed by atoms with Gasteiger partial charge in [-0.1, -0.05) is 18.2 Å². The van der Waals surface area contributed by atoms with E-state index in [9.17, 15) is 13.9 Å². The van der Waals surface area contributed by atoms with Crippen LogP contribution in [0.3, 0.4) is 0 Å². The van der Waals surface area contributed by atoms with Crippen LogP contribution in [0.4, 0.5) is 8.78 Å². The fourth-order valence-corrected chi connectivity index (χ4v) is 1.43. The van der Waals surface area contributed by atoms with Crippen LogP contribution in [0.5, 0.6) is 0 Å². The van der Waals surface area contributed by atoms with Gasteiger partial charge < -0.3 is 5.11 Å². The predicted octanol–water partition coefficient (Wildman–Crippen LogP) is 1.99. The Kier molecular flexibility index (Phi) is 3.14. The lowest BCUT2D eigenvalue weighted by Gasteiger charge is -2.03. The summed E-state index contributed by atoms with van der Waals surface area (Å²) in [5.41, 5.74) is 0.295. The number of benzene rings is 1. The number of aliphatic hydroxyl groups is 1. The third kappa shape index (κ3) is 2.16. The molecule has 0 fully saturated rings. The van der Waals surface area contributed by atoms with E-state index >= 15 is 0 Å². The Hall–Kier alpha value is -1.82. The largest absolute Gasteiger partial charge is 0.387 e. The highest BCUT2D eigenvalue weighted by Gasteiger charge is 2.14. The lowest BCUT2D eigenvalue weighted by Crippen LogP contribution is -2.00. The number of rotatable bonds is 3. The molecule has 0 amide bonds. The summed E-state index contributed by atoms with van der Waals surface area (Å²) in [5.74, 6) is -1.94. The van der Waals surface area contributed by atoms with E-state index in [-0.39, 0.29) is 5.69 Å². The van der Waals surface area contributed by atoms with E-state index < -0.39 is 17.7 Å². The van der Waals surface area contributed by atoms with E-state index in [2.05, 4.69) is 10.3 Å². The third-order valence-electron chi connectivity index (χ3n) is 2.42. The van der Waals surface area contributed by atoms with Crippen LogP contribution in [-0.2, 0) is 0 Å². The van der Waals surface area contributed by atoms with Crippen LogP contribution in [0.1, 0.15) is 25.1 Å². The number of aliphatic hydroxyl groups excluding tert-OH is 1. The quantitative estimate of drug-likeness (QED) is 0.891. The van der Waals surface area contributed by atoms with E-state index in [0.717, 1.165) is 10.7 Å². The third-order valence-corrected chi connectivity index (χ3v) is 2.42. The first kappa shape index (κ1) is 11.7. The van der Waals surface area contributed by atoms with Crippen molar-refractivity contribution in [1.29, 1.82) is 0 Å². The Balaban J connectivity index is 2.40. The van der Waals surface area contributed by atoms with Crippen LogP contribution in [0, 0.1) is 11.6 Å². The molecule has 0 saturated heterocycles. The van der Waals surface area contributed by atoms with Gasteiger partial charge in [-0.05, 0) is 18.6 Å². The molecule has 1 heterocycles. The van der Waals surface area contributed by atoms with Crippen LogP contribution in [0.15, 0.2) is 24.4 Å². The van der Waals surface area contributed by atoms with E-state index in [1.54, 1.807) is 6.92 Å². The smallest absolute Gasteiger partial charge is 0.184 e. The molecule has 2 rings (SSSR count). The molecule has 0 aliphatic heterocycles. The van der Waals surface area contributed by atoms with Crippen LogP contribution < -0.4 is 0 Å². The highest BCUT2D eigenvalue weighted by atomic mass is 19.2. The molecule has 1 N–H and O–H groups in total. The van der Waals surface area contributed by atoms with Crippen LogP contribution >= 0.6 is 0 Å². The summed E-state index contributed by atoms with van der Waals surface area (Å²) in [6.07, 6.45) is 1.11. The van der Waals surface area contributed by atoms with Gasteiger partial charge in [-0.25, -0.2) is 13.5 Å². The van der Waals surface area contributed by atoms with Gasteiger partial charge in [0.1, 0.15) is 11.4 Å². The molecule has 1 unspecified atom stereocenters. The minimum absolute atomic E-state index is 0.0351. The van der Waals surface area contributed by atoms with Crippen LogP contribution in [0.25, 0.3) is 5.69 Å². The number of aromatic nitrogens is 3. The van der Waals surface area contributed by atoms with Crippen LogP contribution in [0.2, 0.25) is 0 Å². The van der Waals surface area contributed by atoms with Crippen molar-refractivity contribution < 1.29 is 13.9 Å². The predicted molar refractivity (Wildman–Crippen MR) is 56.5 cm³/mol. The number of halogens is 2. The van der Waals surface area contributed by atoms with Gasteiger partial charge in [0.2, 0.25) is 0 Å². The summed E-state index contributed by atoms with van der Waals surface area (Å²) >= 11 is 0. The van der Waals surface area contributed by atoms with Crippen molar-refractivity contribution in [2.24, 2.45) is 0 Å². The zero-order valence-electron chi connectivity index (χ0n) is 9.14. The Bertz CT molecular complexity index is 527. The first-order valence-electron chi connectivity index (χ1n) is 5.18. The van der Waals surface area contributed by atoms with Gasteiger partial charge in [-0.15, -0.1) is 5.10 Å². The molecule has 17 heavy (non-hydrogen) atoms. The summed E-state index contributed by atoms with van der Waals surface area (Å²) in [4.78, 5) is 0. The van der Waals surface area contributed by atoms with Gasteiger partial charge in [0.25, 0.3) is 0 Å². The van der Waals surface area contributed by atoms with Crippen molar-refractivity contribution in [3.8, 4) is 5.69 Å². The maximum Gasteiger partial charge on any atom is 0.184 e. The highest BCUT2D eigenvalue weighted by molar-refractivity contribution is 5.33. The molecule has 0 saturated carbocycles. The van der Waals surface area contributed by atoms with Crippen molar-refractivity contribution in [2.45, 2.75) is 19.4 Å². The number of hydrogen-bond acceptors (Lipinski definition) is 3. The highest BCUT2D eigenvalue weighted by Crippen LogP contribution is 2.18. The molecule has 90 valence electrons. The maximum atomic E-state index is 13.5. The molecule has 0 spiro atoms. The Labute approximate surface area is 96.5 Å². The Morgan fingerprint density at radius 1 is 1.41 bits per heavy atom. The fourth-order valence-electron chi connectivity index (χ4n) is 1.43. The Morgan fingerprint density at radius 2 is 2.18 bits per heavy atom. The fraction of sp³-hybridized carbons (Fsp3) is 0.273. The molecule has 0 aliphatic carbocycles. The van der Waals surface area contributed by atoms with Gasteiger partial charge in [-0.2, -0.15) is 0 Å². The zero-order valence-corrected chi connectivity index (χ0v) is 9.14. The second-order valence-corrected chi connectivity index (χ2v) is 3.58. The molecule has 1 aromatic carbocycles. The van der Waals surface area contributed by atoms with Gasteiger partial charge in [0.05, 0.1) is 12.3 Å². The molecule has 0 bridgehead atoms. The van der Waals surface area contributed by atoms with Crippen molar-refractivity contribution in [2.75, 3.05) is 0 Å². The SMILES string of the molecule is CCC(O)c1cn(-c2cccc(F)c2F)nn1. The van der Waals surface area contributed by atoms with Gasteiger partial charge in [-0.3, -0.25) is 0 Å². The lowest BCUT2D eigenvalue weighted by atomic mass is 10.2. The molecular formula is C11H11F2N3O. The molecule has 6 heteroatoms. The first-order chi connectivity index (χ1) is 8.13. The molecule has 0 radical (unpaired) electrons. The second kappa shape index (κ2) is 4.58. The monoisotopic (exact) mass is 239 g/mol. The molecule has 1 atom stereocenters. The Morgan fingerprint density at radius 3 is 2.88 bits per heavy atom. The average molecular weight is 239 g/mol. The zero-order chi connectivity index (χ0) is 12.4. The van der Waals surface area contributed by atoms with Gasteiger partial charge in [0, 0.05) is 0 Å². The van der Waals surface area contributed by atoms with E-state index in [1.807, 2.05) is 0 Å². The van der Waals surface area contributed by atoms with E-state index in [1.165, 1.54) is 18.3 Å².